The van der Waals surface area contributed by atoms with Crippen LogP contribution in [0.5, 0.6) is 11.5 Å². The first kappa shape index (κ1) is 20.8. The number of nitrogens with one attached hydrogen (secondary N) is 1. The molecule has 0 aliphatic carbocycles. The molecule has 0 aliphatic heterocycles. The van der Waals surface area contributed by atoms with Crippen LogP contribution in [0.3, 0.4) is 0 Å². The summed E-state index contributed by atoms with van der Waals surface area (Å²) in [6.07, 6.45) is 1.41. The van der Waals surface area contributed by atoms with Crippen molar-refractivity contribution in [2.45, 2.75) is 6.92 Å². The lowest BCUT2D eigenvalue weighted by Crippen LogP contribution is -2.20. The summed E-state index contributed by atoms with van der Waals surface area (Å²) in [4.78, 5) is 23.3. The van der Waals surface area contributed by atoms with Crippen LogP contribution in [0.4, 0.5) is 5.69 Å². The molecule has 0 aromatic heterocycles. The Kier molecular flexibility index (Phi) is 7.02. The molecule has 0 unspecified atom stereocenters. The smallest absolute Gasteiger partial charge is 0.266 e. The molecular weight excluding hydrogens is 382 g/mol. The lowest BCUT2D eigenvalue weighted by Gasteiger charge is -2.11. The second-order valence-electron chi connectivity index (χ2n) is 5.70. The Morgan fingerprint density at radius 3 is 2.68 bits per heavy atom. The summed E-state index contributed by atoms with van der Waals surface area (Å²) in [6, 6.07) is 11.7. The molecule has 0 atom stereocenters. The van der Waals surface area contributed by atoms with Crippen molar-refractivity contribution < 1.29 is 19.1 Å². The van der Waals surface area contributed by atoms with E-state index in [1.54, 1.807) is 43.3 Å². The summed E-state index contributed by atoms with van der Waals surface area (Å²) in [7, 11) is 1.43. The van der Waals surface area contributed by atoms with Crippen molar-refractivity contribution in [1.82, 2.24) is 0 Å². The van der Waals surface area contributed by atoms with Crippen molar-refractivity contribution in [2.75, 3.05) is 19.0 Å². The van der Waals surface area contributed by atoms with E-state index >= 15 is 0 Å². The molecule has 2 amide bonds. The number of ether oxygens (including phenoxy) is 2. The number of nitrogens with zero attached hydrogens (tertiary/aromatic N) is 1. The van der Waals surface area contributed by atoms with Gasteiger partial charge in [-0.25, -0.2) is 0 Å². The number of anilines is 1. The minimum absolute atomic E-state index is 0.104. The van der Waals surface area contributed by atoms with E-state index in [1.807, 2.05) is 6.07 Å². The highest BCUT2D eigenvalue weighted by molar-refractivity contribution is 6.31. The van der Waals surface area contributed by atoms with Gasteiger partial charge in [0.05, 0.1) is 7.11 Å². The zero-order chi connectivity index (χ0) is 20.7. The predicted molar refractivity (Wildman–Crippen MR) is 106 cm³/mol. The lowest BCUT2D eigenvalue weighted by atomic mass is 10.1. The summed E-state index contributed by atoms with van der Waals surface area (Å²) in [6.45, 7) is 1.47. The molecule has 0 spiro atoms. The van der Waals surface area contributed by atoms with Gasteiger partial charge in [-0.2, -0.15) is 5.26 Å². The fourth-order valence-electron chi connectivity index (χ4n) is 2.29. The van der Waals surface area contributed by atoms with E-state index in [0.29, 0.717) is 33.3 Å². The predicted octanol–water partition coefficient (Wildman–Crippen LogP) is 3.07. The second kappa shape index (κ2) is 9.44. The average Bonchev–Trinajstić information content (AvgIpc) is 2.68. The van der Waals surface area contributed by atoms with Gasteiger partial charge < -0.3 is 20.5 Å². The number of carbonyl (C=O) groups excluding carboxylic acids is 2. The Morgan fingerprint density at radius 1 is 1.29 bits per heavy atom. The van der Waals surface area contributed by atoms with Crippen molar-refractivity contribution in [3.8, 4) is 17.6 Å². The van der Waals surface area contributed by atoms with Crippen LogP contribution in [0.25, 0.3) is 6.08 Å². The van der Waals surface area contributed by atoms with Crippen LogP contribution in [0, 0.1) is 18.3 Å². The van der Waals surface area contributed by atoms with Gasteiger partial charge in [0.25, 0.3) is 11.8 Å². The van der Waals surface area contributed by atoms with Crippen LogP contribution in [-0.4, -0.2) is 25.5 Å². The summed E-state index contributed by atoms with van der Waals surface area (Å²) in [5, 5.41) is 12.6. The quantitative estimate of drug-likeness (QED) is 0.548. The average molecular weight is 400 g/mol. The molecule has 0 radical (unpaired) electrons. The molecule has 2 aromatic carbocycles. The molecule has 7 nitrogen and oxygen atoms in total. The van der Waals surface area contributed by atoms with Crippen LogP contribution >= 0.6 is 11.6 Å². The maximum Gasteiger partial charge on any atom is 0.266 e. The molecular formula is C20H18ClN3O4. The van der Waals surface area contributed by atoms with Gasteiger partial charge in [0, 0.05) is 10.7 Å². The zero-order valence-corrected chi connectivity index (χ0v) is 16.0. The number of hydrogen-bond acceptors (Lipinski definition) is 5. The van der Waals surface area contributed by atoms with Gasteiger partial charge in [-0.1, -0.05) is 23.7 Å². The third-order valence-electron chi connectivity index (χ3n) is 3.75. The molecule has 2 rings (SSSR count). The van der Waals surface area contributed by atoms with Gasteiger partial charge in [-0.05, 0) is 48.4 Å². The Morgan fingerprint density at radius 2 is 2.04 bits per heavy atom. The van der Waals surface area contributed by atoms with Gasteiger partial charge in [0.2, 0.25) is 0 Å². The number of rotatable bonds is 7. The van der Waals surface area contributed by atoms with Crippen LogP contribution in [0.1, 0.15) is 11.1 Å². The van der Waals surface area contributed by atoms with E-state index in [-0.39, 0.29) is 12.2 Å². The fraction of sp³-hybridized carbons (Fsp3) is 0.150. The standard InChI is InChI=1S/C20H18ClN3O4/c1-12-15(21)4-3-5-16(12)24-20(26)14(10-22)8-13-6-7-17(18(9-13)27-2)28-11-19(23)25/h3-9H,11H2,1-2H3,(H2,23,25)(H,24,26)/b14-8+. The lowest BCUT2D eigenvalue weighted by molar-refractivity contribution is -0.120. The van der Waals surface area contributed by atoms with Crippen molar-refractivity contribution in [3.63, 3.8) is 0 Å². The largest absolute Gasteiger partial charge is 0.493 e. The van der Waals surface area contributed by atoms with E-state index in [2.05, 4.69) is 5.32 Å². The number of amides is 2. The van der Waals surface area contributed by atoms with Crippen LogP contribution in [0.2, 0.25) is 5.02 Å². The summed E-state index contributed by atoms with van der Waals surface area (Å²) < 4.78 is 10.5. The van der Waals surface area contributed by atoms with Crippen molar-refractivity contribution in [3.05, 3.63) is 58.1 Å². The molecule has 0 saturated heterocycles. The Bertz CT molecular complexity index is 980. The third-order valence-corrected chi connectivity index (χ3v) is 4.16. The van der Waals surface area contributed by atoms with E-state index in [1.165, 1.54) is 13.2 Å². The highest BCUT2D eigenvalue weighted by Crippen LogP contribution is 2.29. The van der Waals surface area contributed by atoms with Gasteiger partial charge in [0.15, 0.2) is 18.1 Å². The molecule has 8 heteroatoms. The number of primary amides is 1. The van der Waals surface area contributed by atoms with Gasteiger partial charge in [-0.15, -0.1) is 0 Å². The molecule has 0 fully saturated rings. The molecule has 3 N–H and O–H groups in total. The van der Waals surface area contributed by atoms with Crippen molar-refractivity contribution in [2.24, 2.45) is 5.73 Å². The van der Waals surface area contributed by atoms with E-state index in [4.69, 9.17) is 26.8 Å². The maximum atomic E-state index is 12.5. The molecule has 2 aromatic rings. The number of nitrogens with two attached hydrogens (primary N) is 1. The minimum Gasteiger partial charge on any atom is -0.493 e. The van der Waals surface area contributed by atoms with Crippen LogP contribution < -0.4 is 20.5 Å². The highest BCUT2D eigenvalue weighted by Gasteiger charge is 2.13. The van der Waals surface area contributed by atoms with E-state index in [9.17, 15) is 14.9 Å². The highest BCUT2D eigenvalue weighted by atomic mass is 35.5. The molecule has 0 saturated carbocycles. The summed E-state index contributed by atoms with van der Waals surface area (Å²) >= 11 is 6.05. The van der Waals surface area contributed by atoms with E-state index in [0.717, 1.165) is 0 Å². The second-order valence-corrected chi connectivity index (χ2v) is 6.11. The van der Waals surface area contributed by atoms with Crippen molar-refractivity contribution >= 4 is 35.2 Å². The third kappa shape index (κ3) is 5.25. The van der Waals surface area contributed by atoms with Gasteiger partial charge in [-0.3, -0.25) is 9.59 Å². The summed E-state index contributed by atoms with van der Waals surface area (Å²) in [5.41, 5.74) is 6.72. The SMILES string of the molecule is COc1cc(/C=C(\C#N)C(=O)Nc2cccc(Cl)c2C)ccc1OCC(N)=O. The molecule has 28 heavy (non-hydrogen) atoms. The normalized spacial score (nSPS) is 10.7. The first-order valence-corrected chi connectivity index (χ1v) is 8.51. The summed E-state index contributed by atoms with van der Waals surface area (Å²) in [5.74, 6) is -0.541. The monoisotopic (exact) mass is 399 g/mol. The van der Waals surface area contributed by atoms with E-state index < -0.39 is 11.8 Å². The van der Waals surface area contributed by atoms with Crippen LogP contribution in [0.15, 0.2) is 42.0 Å². The Balaban J connectivity index is 2.25. The minimum atomic E-state index is -0.620. The number of hydrogen-bond donors (Lipinski definition) is 2. The number of nitriles is 1. The topological polar surface area (TPSA) is 114 Å². The molecule has 0 aliphatic rings. The number of benzene rings is 2. The molecule has 0 heterocycles. The molecule has 0 bridgehead atoms. The zero-order valence-electron chi connectivity index (χ0n) is 15.3. The van der Waals surface area contributed by atoms with Gasteiger partial charge >= 0.3 is 0 Å². The number of methoxy groups -OCH3 is 1. The van der Waals surface area contributed by atoms with Crippen LogP contribution in [-0.2, 0) is 9.59 Å². The first-order chi connectivity index (χ1) is 13.3. The number of carbonyl (C=O) groups is 2. The first-order valence-electron chi connectivity index (χ1n) is 8.13. The number of halogens is 1. The molecule has 144 valence electrons. The maximum absolute atomic E-state index is 12.5. The van der Waals surface area contributed by atoms with Crippen molar-refractivity contribution in [1.29, 1.82) is 5.26 Å². The fourth-order valence-corrected chi connectivity index (χ4v) is 2.46. The Hall–Kier alpha value is -3.50. The van der Waals surface area contributed by atoms with Gasteiger partial charge in [0.1, 0.15) is 11.6 Å². The Labute approximate surface area is 167 Å².